The molecule has 0 radical (unpaired) electrons. The normalized spacial score (nSPS) is 10.1. The molecule has 0 bridgehead atoms. The Labute approximate surface area is 109 Å². The summed E-state index contributed by atoms with van der Waals surface area (Å²) in [6, 6.07) is 6.47. The van der Waals surface area contributed by atoms with Crippen molar-refractivity contribution in [1.82, 2.24) is 4.98 Å². The summed E-state index contributed by atoms with van der Waals surface area (Å²) in [5.41, 5.74) is 0.586. The predicted octanol–water partition coefficient (Wildman–Crippen LogP) is 0.857. The quantitative estimate of drug-likeness (QED) is 0.617. The highest BCUT2D eigenvalue weighted by atomic mass is 16.5. The fourth-order valence-electron chi connectivity index (χ4n) is 1.57. The summed E-state index contributed by atoms with van der Waals surface area (Å²) in [6.07, 6.45) is 4.85. The van der Waals surface area contributed by atoms with Crippen molar-refractivity contribution < 1.29 is 24.0 Å². The van der Waals surface area contributed by atoms with Crippen LogP contribution in [0.3, 0.4) is 0 Å². The van der Waals surface area contributed by atoms with E-state index < -0.39 is 11.9 Å². The first-order valence-electron chi connectivity index (χ1n) is 5.70. The number of hydrogen-bond acceptors (Lipinski definition) is 3. The Morgan fingerprint density at radius 1 is 1.32 bits per heavy atom. The van der Waals surface area contributed by atoms with Gasteiger partial charge in [-0.25, -0.2) is 14.2 Å². The van der Waals surface area contributed by atoms with Gasteiger partial charge in [-0.2, -0.15) is 0 Å². The number of ether oxygens (including phenoxy) is 1. The highest BCUT2D eigenvalue weighted by Gasteiger charge is 2.11. The zero-order chi connectivity index (χ0) is 13.7. The van der Waals surface area contributed by atoms with Gasteiger partial charge < -0.3 is 14.8 Å². The van der Waals surface area contributed by atoms with Gasteiger partial charge in [0.15, 0.2) is 25.5 Å². The second kappa shape index (κ2) is 5.81. The summed E-state index contributed by atoms with van der Waals surface area (Å²) < 4.78 is 6.71. The van der Waals surface area contributed by atoms with Gasteiger partial charge in [-0.15, -0.1) is 0 Å². The highest BCUT2D eigenvalue weighted by Crippen LogP contribution is 1.97. The van der Waals surface area contributed by atoms with Gasteiger partial charge in [0.25, 0.3) is 0 Å². The monoisotopic (exact) mass is 261 g/mol. The molecule has 2 heterocycles. The number of rotatable bonds is 5. The van der Waals surface area contributed by atoms with Crippen molar-refractivity contribution in [3.05, 3.63) is 54.1 Å². The number of carbonyl (C=O) groups is 2. The number of esters is 1. The van der Waals surface area contributed by atoms with Crippen LogP contribution in [0.4, 0.5) is 0 Å². The second-order valence-corrected chi connectivity index (χ2v) is 3.86. The summed E-state index contributed by atoms with van der Waals surface area (Å²) in [5, 5.41) is 8.85. The van der Waals surface area contributed by atoms with Gasteiger partial charge in [-0.1, -0.05) is 0 Å². The van der Waals surface area contributed by atoms with E-state index in [1.165, 1.54) is 12.3 Å². The lowest BCUT2D eigenvalue weighted by Gasteiger charge is -2.01. The number of aromatic amines is 1. The molecular formula is C13H13N2O4+. The van der Waals surface area contributed by atoms with E-state index in [-0.39, 0.29) is 12.2 Å². The van der Waals surface area contributed by atoms with Crippen LogP contribution in [-0.4, -0.2) is 28.6 Å². The molecule has 0 aliphatic rings. The Balaban J connectivity index is 1.87. The van der Waals surface area contributed by atoms with Gasteiger partial charge in [0, 0.05) is 12.3 Å². The molecule has 0 aliphatic heterocycles. The number of nitrogens with one attached hydrogen (secondary N) is 1. The summed E-state index contributed by atoms with van der Waals surface area (Å²) in [7, 11) is 0. The predicted molar refractivity (Wildman–Crippen MR) is 64.7 cm³/mol. The third-order valence-electron chi connectivity index (χ3n) is 2.51. The molecule has 0 atom stereocenters. The standard InChI is InChI=1S/C13H12N2O4/c16-12(17)10-3-2-6-15(9-10)7-8-19-13(18)11-4-1-5-14-11/h1-6,9H,7-8H2,(H-,14,16,17,18)/p+1. The lowest BCUT2D eigenvalue weighted by atomic mass is 10.3. The molecule has 2 rings (SSSR count). The van der Waals surface area contributed by atoms with Crippen molar-refractivity contribution in [2.75, 3.05) is 6.61 Å². The zero-order valence-corrected chi connectivity index (χ0v) is 10.1. The summed E-state index contributed by atoms with van der Waals surface area (Å²) >= 11 is 0. The molecule has 0 saturated heterocycles. The molecular weight excluding hydrogens is 248 g/mol. The first kappa shape index (κ1) is 12.8. The molecule has 0 aliphatic carbocycles. The van der Waals surface area contributed by atoms with Crippen LogP contribution in [0, 0.1) is 0 Å². The van der Waals surface area contributed by atoms with Crippen LogP contribution >= 0.6 is 0 Å². The van der Waals surface area contributed by atoms with Gasteiger partial charge in [-0.05, 0) is 18.2 Å². The van der Waals surface area contributed by atoms with E-state index in [2.05, 4.69) is 4.98 Å². The molecule has 6 heteroatoms. The lowest BCUT2D eigenvalue weighted by Crippen LogP contribution is -2.36. The number of hydrogen-bond donors (Lipinski definition) is 2. The number of pyridine rings is 1. The summed E-state index contributed by atoms with van der Waals surface area (Å²) in [4.78, 5) is 25.1. The average molecular weight is 261 g/mol. The average Bonchev–Trinajstić information content (AvgIpc) is 2.93. The fraction of sp³-hybridized carbons (Fsp3) is 0.154. The van der Waals surface area contributed by atoms with Crippen molar-refractivity contribution >= 4 is 11.9 Å². The summed E-state index contributed by atoms with van der Waals surface area (Å²) in [6.45, 7) is 0.569. The molecule has 0 amide bonds. The van der Waals surface area contributed by atoms with Crippen molar-refractivity contribution in [3.63, 3.8) is 0 Å². The second-order valence-electron chi connectivity index (χ2n) is 3.86. The van der Waals surface area contributed by atoms with Crippen molar-refractivity contribution in [1.29, 1.82) is 0 Å². The number of nitrogens with zero attached hydrogens (tertiary/aromatic N) is 1. The molecule has 2 N–H and O–H groups in total. The maximum absolute atomic E-state index is 11.5. The Bertz CT molecular complexity index is 578. The van der Waals surface area contributed by atoms with Crippen molar-refractivity contribution in [2.24, 2.45) is 0 Å². The van der Waals surface area contributed by atoms with E-state index in [0.29, 0.717) is 12.2 Å². The van der Waals surface area contributed by atoms with E-state index in [0.717, 1.165) is 0 Å². The van der Waals surface area contributed by atoms with Crippen LogP contribution in [-0.2, 0) is 11.3 Å². The van der Waals surface area contributed by atoms with Crippen LogP contribution in [0.2, 0.25) is 0 Å². The highest BCUT2D eigenvalue weighted by molar-refractivity contribution is 5.87. The third kappa shape index (κ3) is 3.41. The maximum atomic E-state index is 11.5. The van der Waals surface area contributed by atoms with Crippen LogP contribution in [0.25, 0.3) is 0 Å². The van der Waals surface area contributed by atoms with Crippen LogP contribution < -0.4 is 4.57 Å². The minimum atomic E-state index is -0.988. The number of carboxylic acids is 1. The van der Waals surface area contributed by atoms with Gasteiger partial charge in [0.05, 0.1) is 0 Å². The van der Waals surface area contributed by atoms with Crippen molar-refractivity contribution in [2.45, 2.75) is 6.54 Å². The Morgan fingerprint density at radius 3 is 2.84 bits per heavy atom. The minimum absolute atomic E-state index is 0.172. The van der Waals surface area contributed by atoms with Gasteiger partial charge in [0.2, 0.25) is 0 Å². The smallest absolute Gasteiger partial charge is 0.354 e. The fourth-order valence-corrected chi connectivity index (χ4v) is 1.57. The topological polar surface area (TPSA) is 83.3 Å². The van der Waals surface area contributed by atoms with E-state index in [1.807, 2.05) is 0 Å². The maximum Gasteiger partial charge on any atom is 0.354 e. The molecule has 6 nitrogen and oxygen atoms in total. The lowest BCUT2D eigenvalue weighted by molar-refractivity contribution is -0.698. The molecule has 0 spiro atoms. The first-order chi connectivity index (χ1) is 9.16. The molecule has 0 fully saturated rings. The molecule has 0 aromatic carbocycles. The van der Waals surface area contributed by atoms with E-state index in [9.17, 15) is 9.59 Å². The molecule has 0 saturated carbocycles. The molecule has 0 unspecified atom stereocenters. The molecule has 98 valence electrons. The van der Waals surface area contributed by atoms with E-state index in [4.69, 9.17) is 9.84 Å². The number of H-pyrrole nitrogens is 1. The Morgan fingerprint density at radius 2 is 2.16 bits per heavy atom. The number of aromatic carboxylic acids is 1. The number of carbonyl (C=O) groups excluding carboxylic acids is 1. The van der Waals surface area contributed by atoms with E-state index in [1.54, 1.807) is 35.2 Å². The Hall–Kier alpha value is -2.63. The molecule has 2 aromatic rings. The zero-order valence-electron chi connectivity index (χ0n) is 10.1. The molecule has 19 heavy (non-hydrogen) atoms. The van der Waals surface area contributed by atoms with Gasteiger partial charge >= 0.3 is 11.9 Å². The minimum Gasteiger partial charge on any atom is -0.477 e. The van der Waals surface area contributed by atoms with Crippen LogP contribution in [0.1, 0.15) is 20.8 Å². The van der Waals surface area contributed by atoms with Gasteiger partial charge in [-0.3, -0.25) is 0 Å². The SMILES string of the molecule is O=C(O)c1ccc[n+](CCOC(=O)c2ccc[nH]2)c1. The largest absolute Gasteiger partial charge is 0.477 e. The Kier molecular flexibility index (Phi) is 3.92. The third-order valence-corrected chi connectivity index (χ3v) is 2.51. The van der Waals surface area contributed by atoms with Crippen LogP contribution in [0.15, 0.2) is 42.9 Å². The number of carboxylic acid groups (broad SMARTS) is 1. The number of aromatic nitrogens is 2. The van der Waals surface area contributed by atoms with Crippen LogP contribution in [0.5, 0.6) is 0 Å². The van der Waals surface area contributed by atoms with E-state index >= 15 is 0 Å². The first-order valence-corrected chi connectivity index (χ1v) is 5.70. The van der Waals surface area contributed by atoms with Gasteiger partial charge in [0.1, 0.15) is 11.3 Å². The summed E-state index contributed by atoms with van der Waals surface area (Å²) in [5.74, 6) is -1.42. The van der Waals surface area contributed by atoms with Crippen molar-refractivity contribution in [3.8, 4) is 0 Å². The molecule has 2 aromatic heterocycles.